The molecule has 0 atom stereocenters. The zero-order valence-corrected chi connectivity index (χ0v) is 21.6. The second kappa shape index (κ2) is 25.9. The van der Waals surface area contributed by atoms with Crippen molar-refractivity contribution in [1.29, 1.82) is 0 Å². The standard InChI is InChI=1S/C27H53N2.CH2O2/c1-3-5-7-9-11-13-15-17-19-21-23-28-25-26-29(27-28)24-22-20-18-16-14-12-10-8-6-4-2;2-1-3/h25-27H,3-24H2,1-2H3;1H,(H,2,3)/q+1;/p-1. The topological polar surface area (TPSA) is 48.9 Å². The average molecular weight is 451 g/mol. The Morgan fingerprint density at radius 3 is 1.47 bits per heavy atom. The SMILES string of the molecule is CCCCCCCCCCCCn1cc[n+](CCCCCCCCCCCC)c1.O=C[O-]. The lowest BCUT2D eigenvalue weighted by Gasteiger charge is -2.02. The molecule has 0 fully saturated rings. The number of rotatable bonds is 22. The fraction of sp³-hybridized carbons (Fsp3) is 0.857. The molecule has 0 N–H and O–H groups in total. The molecular weight excluding hydrogens is 396 g/mol. The Morgan fingerprint density at radius 1 is 0.656 bits per heavy atom. The zero-order valence-electron chi connectivity index (χ0n) is 21.6. The van der Waals surface area contributed by atoms with E-state index in [1.54, 1.807) is 0 Å². The highest BCUT2D eigenvalue weighted by Crippen LogP contribution is 2.12. The molecule has 0 aliphatic rings. The van der Waals surface area contributed by atoms with Crippen LogP contribution in [0.15, 0.2) is 18.7 Å². The summed E-state index contributed by atoms with van der Waals surface area (Å²) in [5.74, 6) is 0. The number of aryl methyl sites for hydroxylation is 2. The fourth-order valence-corrected chi connectivity index (χ4v) is 4.27. The molecule has 1 rings (SSSR count). The molecule has 0 aliphatic carbocycles. The van der Waals surface area contributed by atoms with Gasteiger partial charge in [-0.2, -0.15) is 0 Å². The highest BCUT2D eigenvalue weighted by Gasteiger charge is 2.03. The number of aromatic nitrogens is 2. The molecule has 0 saturated carbocycles. The lowest BCUT2D eigenvalue weighted by molar-refractivity contribution is -0.696. The van der Waals surface area contributed by atoms with Crippen molar-refractivity contribution in [2.75, 3.05) is 0 Å². The summed E-state index contributed by atoms with van der Waals surface area (Å²) in [4.78, 5) is 8.25. The van der Waals surface area contributed by atoms with Gasteiger partial charge < -0.3 is 9.90 Å². The van der Waals surface area contributed by atoms with E-state index in [-0.39, 0.29) is 0 Å². The third-order valence-electron chi connectivity index (χ3n) is 6.29. The molecule has 1 aromatic heterocycles. The summed E-state index contributed by atoms with van der Waals surface area (Å²) in [5, 5.41) is 8.25. The third-order valence-corrected chi connectivity index (χ3v) is 6.29. The number of carbonyl (C=O) groups is 1. The minimum absolute atomic E-state index is 0.500. The van der Waals surface area contributed by atoms with Gasteiger partial charge in [-0.1, -0.05) is 117 Å². The maximum atomic E-state index is 8.25. The van der Waals surface area contributed by atoms with Crippen molar-refractivity contribution in [2.24, 2.45) is 0 Å². The lowest BCUT2D eigenvalue weighted by atomic mass is 10.1. The van der Waals surface area contributed by atoms with Gasteiger partial charge in [0.2, 0.25) is 6.33 Å². The molecule has 188 valence electrons. The summed E-state index contributed by atoms with van der Waals surface area (Å²) < 4.78 is 4.78. The van der Waals surface area contributed by atoms with E-state index in [0.29, 0.717) is 0 Å². The van der Waals surface area contributed by atoms with E-state index in [0.717, 1.165) is 0 Å². The highest BCUT2D eigenvalue weighted by molar-refractivity contribution is 5.29. The van der Waals surface area contributed by atoms with Gasteiger partial charge in [0.15, 0.2) is 0 Å². The molecule has 4 heteroatoms. The van der Waals surface area contributed by atoms with Crippen LogP contribution >= 0.6 is 0 Å². The van der Waals surface area contributed by atoms with Gasteiger partial charge in [0.05, 0.1) is 13.1 Å². The fourth-order valence-electron chi connectivity index (χ4n) is 4.27. The summed E-state index contributed by atoms with van der Waals surface area (Å²) in [5.41, 5.74) is 0. The van der Waals surface area contributed by atoms with Gasteiger partial charge in [-0.15, -0.1) is 0 Å². The van der Waals surface area contributed by atoms with E-state index < -0.39 is 6.47 Å². The smallest absolute Gasteiger partial charge is 0.243 e. The van der Waals surface area contributed by atoms with Gasteiger partial charge in [-0.05, 0) is 25.7 Å². The molecule has 0 bridgehead atoms. The van der Waals surface area contributed by atoms with Gasteiger partial charge in [0, 0.05) is 6.47 Å². The van der Waals surface area contributed by atoms with E-state index in [4.69, 9.17) is 9.90 Å². The van der Waals surface area contributed by atoms with Gasteiger partial charge in [0.25, 0.3) is 0 Å². The monoisotopic (exact) mass is 450 g/mol. The van der Waals surface area contributed by atoms with E-state index in [2.05, 4.69) is 41.7 Å². The molecular formula is C28H54N2O2. The number of hydrogen-bond acceptors (Lipinski definition) is 2. The molecule has 0 unspecified atom stereocenters. The Kier molecular flexibility index (Phi) is 24.9. The Balaban J connectivity index is 0.00000302. The predicted octanol–water partition coefficient (Wildman–Crippen LogP) is 6.98. The van der Waals surface area contributed by atoms with Crippen LogP contribution in [-0.2, 0) is 17.9 Å². The quantitative estimate of drug-likeness (QED) is 0.109. The van der Waals surface area contributed by atoms with Crippen molar-refractivity contribution in [2.45, 2.75) is 155 Å². The van der Waals surface area contributed by atoms with Crippen LogP contribution in [0.5, 0.6) is 0 Å². The number of carbonyl (C=O) groups excluding carboxylic acids is 1. The number of hydrogen-bond donors (Lipinski definition) is 0. The molecule has 0 aromatic carbocycles. The molecule has 0 amide bonds. The molecule has 0 spiro atoms. The Morgan fingerprint density at radius 2 is 1.03 bits per heavy atom. The lowest BCUT2D eigenvalue weighted by Crippen LogP contribution is -2.30. The van der Waals surface area contributed by atoms with Crippen molar-refractivity contribution >= 4 is 6.47 Å². The number of nitrogens with zero attached hydrogens (tertiary/aromatic N) is 2. The Bertz CT molecular complexity index is 449. The van der Waals surface area contributed by atoms with Crippen molar-refractivity contribution < 1.29 is 14.5 Å². The van der Waals surface area contributed by atoms with E-state index >= 15 is 0 Å². The molecule has 0 saturated heterocycles. The predicted molar refractivity (Wildman–Crippen MR) is 134 cm³/mol. The summed E-state index contributed by atoms with van der Waals surface area (Å²) >= 11 is 0. The second-order valence-electron chi connectivity index (χ2n) is 9.35. The highest BCUT2D eigenvalue weighted by atomic mass is 16.3. The first-order chi connectivity index (χ1) is 15.8. The summed E-state index contributed by atoms with van der Waals surface area (Å²) in [6, 6.07) is 0. The Hall–Kier alpha value is -1.32. The first-order valence-electron chi connectivity index (χ1n) is 13.9. The maximum absolute atomic E-state index is 8.25. The summed E-state index contributed by atoms with van der Waals surface area (Å²) in [6.07, 6.45) is 35.2. The Labute approximate surface area is 199 Å². The van der Waals surface area contributed by atoms with Crippen LogP contribution in [0, 0.1) is 0 Å². The molecule has 0 aliphatic heterocycles. The van der Waals surface area contributed by atoms with Crippen LogP contribution in [-0.4, -0.2) is 11.0 Å². The average Bonchev–Trinajstić information content (AvgIpc) is 3.24. The zero-order chi connectivity index (χ0) is 23.5. The van der Waals surface area contributed by atoms with Crippen LogP contribution in [0.4, 0.5) is 0 Å². The van der Waals surface area contributed by atoms with Crippen LogP contribution in [0.1, 0.15) is 142 Å². The normalized spacial score (nSPS) is 10.7. The molecule has 1 aromatic rings. The second-order valence-corrected chi connectivity index (χ2v) is 9.35. The molecule has 0 radical (unpaired) electrons. The van der Waals surface area contributed by atoms with E-state index in [1.165, 1.54) is 142 Å². The van der Waals surface area contributed by atoms with Crippen molar-refractivity contribution in [3.63, 3.8) is 0 Å². The van der Waals surface area contributed by atoms with Gasteiger partial charge in [-0.3, -0.25) is 0 Å². The van der Waals surface area contributed by atoms with Crippen molar-refractivity contribution in [1.82, 2.24) is 4.57 Å². The summed E-state index contributed by atoms with van der Waals surface area (Å²) in [6.45, 7) is 6.48. The van der Waals surface area contributed by atoms with Crippen LogP contribution in [0.2, 0.25) is 0 Å². The van der Waals surface area contributed by atoms with Crippen LogP contribution < -0.4 is 9.67 Å². The van der Waals surface area contributed by atoms with Crippen LogP contribution in [0.25, 0.3) is 0 Å². The molecule has 1 heterocycles. The maximum Gasteiger partial charge on any atom is 0.243 e. The van der Waals surface area contributed by atoms with E-state index in [9.17, 15) is 0 Å². The minimum atomic E-state index is -0.500. The van der Waals surface area contributed by atoms with Gasteiger partial charge >= 0.3 is 0 Å². The number of imidazole rings is 1. The van der Waals surface area contributed by atoms with Crippen LogP contribution in [0.3, 0.4) is 0 Å². The number of carboxylic acid groups (broad SMARTS) is 1. The van der Waals surface area contributed by atoms with Gasteiger partial charge in [-0.25, -0.2) is 9.13 Å². The minimum Gasteiger partial charge on any atom is -0.554 e. The molecule has 32 heavy (non-hydrogen) atoms. The first-order valence-corrected chi connectivity index (χ1v) is 13.9. The van der Waals surface area contributed by atoms with Crippen molar-refractivity contribution in [3.8, 4) is 0 Å². The molecule has 4 nitrogen and oxygen atoms in total. The summed E-state index contributed by atoms with van der Waals surface area (Å²) in [7, 11) is 0. The third kappa shape index (κ3) is 21.9. The van der Waals surface area contributed by atoms with Gasteiger partial charge in [0.1, 0.15) is 12.4 Å². The number of unbranched alkanes of at least 4 members (excludes halogenated alkanes) is 18. The largest absolute Gasteiger partial charge is 0.554 e. The van der Waals surface area contributed by atoms with E-state index in [1.807, 2.05) is 0 Å². The first kappa shape index (κ1) is 30.7. The van der Waals surface area contributed by atoms with Crippen molar-refractivity contribution in [3.05, 3.63) is 18.7 Å².